The van der Waals surface area contributed by atoms with Gasteiger partial charge in [-0.15, -0.1) is 0 Å². The molecule has 3 heteroatoms. The van der Waals surface area contributed by atoms with Gasteiger partial charge >= 0.3 is 0 Å². The Bertz CT molecular complexity index is 666. The van der Waals surface area contributed by atoms with E-state index in [9.17, 15) is 4.79 Å². The van der Waals surface area contributed by atoms with Gasteiger partial charge in [-0.1, -0.05) is 28.1 Å². The molecule has 1 heterocycles. The number of rotatable bonds is 2. The Kier molecular flexibility index (Phi) is 3.70. The van der Waals surface area contributed by atoms with Gasteiger partial charge in [0, 0.05) is 16.2 Å². The number of Topliss-reactive ketones (excluding diaryl/α,β-unsaturated/α-hetero) is 1. The molecule has 1 aliphatic rings. The van der Waals surface area contributed by atoms with Crippen molar-refractivity contribution < 1.29 is 4.79 Å². The lowest BCUT2D eigenvalue weighted by atomic mass is 9.82. The minimum absolute atomic E-state index is 0.0982. The number of carbonyl (C=O) groups excluding carboxylic acids is 1. The first-order valence-corrected chi connectivity index (χ1v) is 7.70. The second-order valence-corrected chi connectivity index (χ2v) is 6.19. The lowest BCUT2D eigenvalue weighted by Gasteiger charge is -2.23. The molecule has 0 fully saturated rings. The van der Waals surface area contributed by atoms with E-state index in [0.29, 0.717) is 0 Å². The Labute approximate surface area is 127 Å². The Morgan fingerprint density at radius 1 is 1.35 bits per heavy atom. The van der Waals surface area contributed by atoms with E-state index in [1.165, 1.54) is 5.56 Å². The van der Waals surface area contributed by atoms with E-state index in [0.717, 1.165) is 40.6 Å². The highest BCUT2D eigenvalue weighted by Gasteiger charge is 2.29. The molecule has 1 aromatic carbocycles. The molecule has 0 spiro atoms. The minimum atomic E-state index is -0.0982. The lowest BCUT2D eigenvalue weighted by molar-refractivity contribution is 0.0948. The molecule has 2 nitrogen and oxygen atoms in total. The first-order chi connectivity index (χ1) is 9.66. The fourth-order valence-corrected chi connectivity index (χ4v) is 3.56. The fraction of sp³-hybridized carbons (Fsp3) is 0.294. The predicted molar refractivity (Wildman–Crippen MR) is 83.1 cm³/mol. The van der Waals surface area contributed by atoms with Crippen LogP contribution >= 0.6 is 15.9 Å². The van der Waals surface area contributed by atoms with Crippen LogP contribution < -0.4 is 0 Å². The van der Waals surface area contributed by atoms with Crippen LogP contribution in [0.3, 0.4) is 0 Å². The minimum Gasteiger partial charge on any atom is -0.293 e. The number of hydrogen-bond donors (Lipinski definition) is 0. The number of fused-ring (bicyclic) bond motifs is 1. The summed E-state index contributed by atoms with van der Waals surface area (Å²) >= 11 is 3.51. The predicted octanol–water partition coefficient (Wildman–Crippen LogP) is 4.46. The van der Waals surface area contributed by atoms with Crippen molar-refractivity contribution in [3.8, 4) is 0 Å². The molecular weight excluding hydrogens is 314 g/mol. The van der Waals surface area contributed by atoms with Crippen molar-refractivity contribution in [2.45, 2.75) is 32.1 Å². The summed E-state index contributed by atoms with van der Waals surface area (Å²) in [6, 6.07) is 9.94. The van der Waals surface area contributed by atoms with E-state index in [1.807, 2.05) is 31.2 Å². The molecule has 102 valence electrons. The highest BCUT2D eigenvalue weighted by atomic mass is 79.9. The van der Waals surface area contributed by atoms with Gasteiger partial charge in [0.2, 0.25) is 0 Å². The van der Waals surface area contributed by atoms with Crippen LogP contribution in [0, 0.1) is 6.92 Å². The summed E-state index contributed by atoms with van der Waals surface area (Å²) in [6.45, 7) is 2.02. The van der Waals surface area contributed by atoms with Gasteiger partial charge in [-0.25, -0.2) is 0 Å². The monoisotopic (exact) mass is 329 g/mol. The normalized spacial score (nSPS) is 17.6. The molecule has 2 aromatic rings. The molecule has 0 amide bonds. The average Bonchev–Trinajstić information content (AvgIpc) is 2.46. The van der Waals surface area contributed by atoms with E-state index < -0.39 is 0 Å². The number of aryl methyl sites for hydroxylation is 2. The van der Waals surface area contributed by atoms with Crippen LogP contribution in [0.15, 0.2) is 41.0 Å². The third kappa shape index (κ3) is 2.42. The van der Waals surface area contributed by atoms with Crippen LogP contribution in [0.4, 0.5) is 0 Å². The van der Waals surface area contributed by atoms with Crippen molar-refractivity contribution in [1.82, 2.24) is 4.98 Å². The number of aromatic nitrogens is 1. The highest BCUT2D eigenvalue weighted by Crippen LogP contribution is 2.34. The molecule has 20 heavy (non-hydrogen) atoms. The number of ketones is 1. The molecule has 1 aliphatic carbocycles. The molecule has 0 bridgehead atoms. The Morgan fingerprint density at radius 2 is 2.20 bits per heavy atom. The molecule has 1 unspecified atom stereocenters. The zero-order valence-corrected chi connectivity index (χ0v) is 13.0. The number of halogens is 1. The van der Waals surface area contributed by atoms with Crippen LogP contribution in [0.25, 0.3) is 0 Å². The van der Waals surface area contributed by atoms with Crippen molar-refractivity contribution >= 4 is 21.7 Å². The maximum atomic E-state index is 12.8. The Balaban J connectivity index is 2.00. The Morgan fingerprint density at radius 3 is 3.00 bits per heavy atom. The zero-order valence-electron chi connectivity index (χ0n) is 11.4. The number of hydrogen-bond acceptors (Lipinski definition) is 2. The second kappa shape index (κ2) is 5.49. The molecule has 0 N–H and O–H groups in total. The van der Waals surface area contributed by atoms with Gasteiger partial charge in [-0.05, 0) is 55.5 Å². The van der Waals surface area contributed by atoms with Crippen molar-refractivity contribution in [2.75, 3.05) is 0 Å². The van der Waals surface area contributed by atoms with Crippen LogP contribution in [-0.4, -0.2) is 10.8 Å². The Hall–Kier alpha value is -1.48. The summed E-state index contributed by atoms with van der Waals surface area (Å²) < 4.78 is 0.880. The number of nitrogens with zero attached hydrogens (tertiary/aromatic N) is 1. The van der Waals surface area contributed by atoms with Crippen LogP contribution in [-0.2, 0) is 6.42 Å². The number of benzene rings is 1. The van der Waals surface area contributed by atoms with E-state index in [4.69, 9.17) is 0 Å². The first kappa shape index (κ1) is 13.5. The van der Waals surface area contributed by atoms with Crippen molar-refractivity contribution in [2.24, 2.45) is 0 Å². The summed E-state index contributed by atoms with van der Waals surface area (Å²) in [7, 11) is 0. The third-order valence-electron chi connectivity index (χ3n) is 3.90. The van der Waals surface area contributed by atoms with Gasteiger partial charge in [0.25, 0.3) is 0 Å². The maximum Gasteiger partial charge on any atom is 0.173 e. The first-order valence-electron chi connectivity index (χ1n) is 6.91. The average molecular weight is 330 g/mol. The van der Waals surface area contributed by atoms with Crippen LogP contribution in [0.1, 0.15) is 45.9 Å². The second-order valence-electron chi connectivity index (χ2n) is 5.34. The van der Waals surface area contributed by atoms with Crippen LogP contribution in [0.2, 0.25) is 0 Å². The highest BCUT2D eigenvalue weighted by molar-refractivity contribution is 9.10. The summed E-state index contributed by atoms with van der Waals surface area (Å²) in [5.74, 6) is 0.0791. The van der Waals surface area contributed by atoms with Crippen molar-refractivity contribution in [3.63, 3.8) is 0 Å². The summed E-state index contributed by atoms with van der Waals surface area (Å²) in [5.41, 5.74) is 4.10. The number of pyridine rings is 1. The molecule has 3 rings (SSSR count). The van der Waals surface area contributed by atoms with Gasteiger partial charge in [-0.2, -0.15) is 0 Å². The molecule has 0 aliphatic heterocycles. The van der Waals surface area contributed by atoms with Gasteiger partial charge in [0.15, 0.2) is 5.78 Å². The molecule has 1 atom stereocenters. The fourth-order valence-electron chi connectivity index (χ4n) is 2.87. The summed E-state index contributed by atoms with van der Waals surface area (Å²) in [4.78, 5) is 17.3. The van der Waals surface area contributed by atoms with Crippen molar-refractivity contribution in [1.29, 1.82) is 0 Å². The molecule has 1 aromatic heterocycles. The van der Waals surface area contributed by atoms with E-state index in [-0.39, 0.29) is 11.7 Å². The maximum absolute atomic E-state index is 12.8. The van der Waals surface area contributed by atoms with E-state index in [1.54, 1.807) is 6.20 Å². The topological polar surface area (TPSA) is 30.0 Å². The van der Waals surface area contributed by atoms with Gasteiger partial charge in [0.1, 0.15) is 0 Å². The quantitative estimate of drug-likeness (QED) is 0.761. The van der Waals surface area contributed by atoms with Gasteiger partial charge in [0.05, 0.1) is 11.6 Å². The van der Waals surface area contributed by atoms with E-state index in [2.05, 4.69) is 27.0 Å². The third-order valence-corrected chi connectivity index (χ3v) is 4.56. The largest absolute Gasteiger partial charge is 0.293 e. The summed E-state index contributed by atoms with van der Waals surface area (Å²) in [6.07, 6.45) is 4.76. The van der Waals surface area contributed by atoms with Crippen molar-refractivity contribution in [3.05, 3.63) is 63.4 Å². The van der Waals surface area contributed by atoms with Gasteiger partial charge in [-0.3, -0.25) is 9.78 Å². The molecule has 0 radical (unpaired) electrons. The summed E-state index contributed by atoms with van der Waals surface area (Å²) in [5, 5.41) is 0. The smallest absolute Gasteiger partial charge is 0.173 e. The zero-order chi connectivity index (χ0) is 14.1. The van der Waals surface area contributed by atoms with Gasteiger partial charge < -0.3 is 0 Å². The standard InChI is InChI=1S/C17H16BrNO/c1-11-7-8-13(15(18)10-11)17(20)14-6-2-4-12-5-3-9-19-16(12)14/h3,5,7-10,14H,2,4,6H2,1H3. The van der Waals surface area contributed by atoms with Crippen LogP contribution in [0.5, 0.6) is 0 Å². The molecule has 0 saturated carbocycles. The SMILES string of the molecule is Cc1ccc(C(=O)C2CCCc3cccnc32)c(Br)c1. The van der Waals surface area contributed by atoms with E-state index >= 15 is 0 Å². The molecule has 0 saturated heterocycles. The number of carbonyl (C=O) groups is 1. The lowest BCUT2D eigenvalue weighted by Crippen LogP contribution is -2.20. The molecular formula is C17H16BrNO.